The Morgan fingerprint density at radius 3 is 2.27 bits per heavy atom. The molecule has 2 amide bonds. The van der Waals surface area contributed by atoms with Crippen LogP contribution >= 0.6 is 12.2 Å². The Balaban J connectivity index is 2.00. The van der Waals surface area contributed by atoms with Gasteiger partial charge >= 0.3 is 0 Å². The highest BCUT2D eigenvalue weighted by atomic mass is 32.1. The molecule has 0 bridgehead atoms. The Labute approximate surface area is 183 Å². The molecule has 6 nitrogen and oxygen atoms in total. The second-order valence-electron chi connectivity index (χ2n) is 7.10. The van der Waals surface area contributed by atoms with Gasteiger partial charge in [-0.05, 0) is 75.3 Å². The lowest BCUT2D eigenvalue weighted by Crippen LogP contribution is -2.36. The van der Waals surface area contributed by atoms with Crippen LogP contribution < -0.4 is 20.7 Å². The predicted molar refractivity (Wildman–Crippen MR) is 124 cm³/mol. The normalized spacial score (nSPS) is 12.4. The zero-order valence-electron chi connectivity index (χ0n) is 17.8. The van der Waals surface area contributed by atoms with E-state index < -0.39 is 0 Å². The zero-order chi connectivity index (χ0) is 22.1. The van der Waals surface area contributed by atoms with E-state index in [-0.39, 0.29) is 29.1 Å². The molecule has 2 unspecified atom stereocenters. The van der Waals surface area contributed by atoms with Gasteiger partial charge in [0.1, 0.15) is 5.75 Å². The average Bonchev–Trinajstić information content (AvgIpc) is 2.74. The van der Waals surface area contributed by atoms with Crippen molar-refractivity contribution in [1.29, 1.82) is 0 Å². The van der Waals surface area contributed by atoms with Gasteiger partial charge in [-0.25, -0.2) is 0 Å². The molecule has 0 aliphatic heterocycles. The van der Waals surface area contributed by atoms with Crippen molar-refractivity contribution in [3.8, 4) is 5.75 Å². The number of ether oxygens (including phenoxy) is 1. The van der Waals surface area contributed by atoms with Crippen molar-refractivity contribution in [2.45, 2.75) is 52.7 Å². The molecule has 7 heteroatoms. The van der Waals surface area contributed by atoms with E-state index in [1.165, 1.54) is 0 Å². The summed E-state index contributed by atoms with van der Waals surface area (Å²) in [7, 11) is 0. The first-order valence-corrected chi connectivity index (χ1v) is 10.5. The highest BCUT2D eigenvalue weighted by Gasteiger charge is 2.15. The summed E-state index contributed by atoms with van der Waals surface area (Å²) in [6.07, 6.45) is 1.84. The first-order valence-electron chi connectivity index (χ1n) is 10.1. The van der Waals surface area contributed by atoms with Crippen LogP contribution in [0.2, 0.25) is 0 Å². The summed E-state index contributed by atoms with van der Waals surface area (Å²) in [5.74, 6) is 0.172. The zero-order valence-corrected chi connectivity index (χ0v) is 18.6. The standard InChI is InChI=1S/C23H29N3O3S/c1-5-15(3)24-22(28)19-9-7-8-10-20(19)25-23(30)26-21(27)17-11-13-18(14-12-17)29-16(4)6-2/h7-16H,5-6H2,1-4H3,(H,24,28)(H2,25,26,27,30). The summed E-state index contributed by atoms with van der Waals surface area (Å²) in [5, 5.41) is 8.63. The minimum atomic E-state index is -0.343. The van der Waals surface area contributed by atoms with Crippen molar-refractivity contribution in [3.63, 3.8) is 0 Å². The van der Waals surface area contributed by atoms with Gasteiger partial charge in [-0.3, -0.25) is 14.9 Å². The van der Waals surface area contributed by atoms with E-state index in [1.807, 2.05) is 27.7 Å². The average molecular weight is 428 g/mol. The number of anilines is 1. The number of nitrogens with one attached hydrogen (secondary N) is 3. The minimum Gasteiger partial charge on any atom is -0.491 e. The van der Waals surface area contributed by atoms with Crippen LogP contribution in [0.15, 0.2) is 48.5 Å². The Kier molecular flexibility index (Phi) is 8.80. The number of thiocarbonyl (C=S) groups is 1. The van der Waals surface area contributed by atoms with Gasteiger partial charge in [0.2, 0.25) is 0 Å². The molecule has 0 aliphatic rings. The monoisotopic (exact) mass is 427 g/mol. The van der Waals surface area contributed by atoms with Gasteiger partial charge in [0.25, 0.3) is 11.8 Å². The van der Waals surface area contributed by atoms with Gasteiger partial charge in [-0.2, -0.15) is 0 Å². The molecule has 160 valence electrons. The van der Waals surface area contributed by atoms with Crippen LogP contribution in [0.4, 0.5) is 5.69 Å². The van der Waals surface area contributed by atoms with Crippen LogP contribution in [0.1, 0.15) is 61.3 Å². The third kappa shape index (κ3) is 6.84. The van der Waals surface area contributed by atoms with Gasteiger partial charge in [0, 0.05) is 11.6 Å². The van der Waals surface area contributed by atoms with E-state index in [2.05, 4.69) is 16.0 Å². The highest BCUT2D eigenvalue weighted by Crippen LogP contribution is 2.17. The second kappa shape index (κ2) is 11.3. The number of benzene rings is 2. The molecule has 2 aromatic carbocycles. The summed E-state index contributed by atoms with van der Waals surface area (Å²) >= 11 is 5.27. The first kappa shape index (κ1) is 23.3. The number of rotatable bonds is 8. The van der Waals surface area contributed by atoms with E-state index in [9.17, 15) is 9.59 Å². The van der Waals surface area contributed by atoms with Crippen molar-refractivity contribution in [1.82, 2.24) is 10.6 Å². The van der Waals surface area contributed by atoms with Gasteiger partial charge in [0.15, 0.2) is 5.11 Å². The summed E-state index contributed by atoms with van der Waals surface area (Å²) in [6, 6.07) is 14.0. The summed E-state index contributed by atoms with van der Waals surface area (Å²) in [4.78, 5) is 25.0. The molecule has 0 aromatic heterocycles. The van der Waals surface area contributed by atoms with Crippen LogP contribution in [0.25, 0.3) is 0 Å². The quantitative estimate of drug-likeness (QED) is 0.540. The van der Waals surface area contributed by atoms with Crippen LogP contribution in [0.5, 0.6) is 5.75 Å². The van der Waals surface area contributed by atoms with Crippen LogP contribution in [0.3, 0.4) is 0 Å². The molecule has 3 N–H and O–H groups in total. The Morgan fingerprint density at radius 1 is 0.967 bits per heavy atom. The number of hydrogen-bond acceptors (Lipinski definition) is 4. The van der Waals surface area contributed by atoms with E-state index in [4.69, 9.17) is 17.0 Å². The number of para-hydroxylation sites is 1. The fraction of sp³-hybridized carbons (Fsp3) is 0.348. The van der Waals surface area contributed by atoms with Crippen LogP contribution in [-0.4, -0.2) is 29.1 Å². The third-order valence-electron chi connectivity index (χ3n) is 4.67. The second-order valence-corrected chi connectivity index (χ2v) is 7.51. The topological polar surface area (TPSA) is 79.5 Å². The fourth-order valence-electron chi connectivity index (χ4n) is 2.52. The molecule has 0 aliphatic carbocycles. The third-order valence-corrected chi connectivity index (χ3v) is 4.87. The number of carbonyl (C=O) groups is 2. The van der Waals surface area contributed by atoms with Crippen molar-refractivity contribution in [2.24, 2.45) is 0 Å². The molecule has 0 fully saturated rings. The summed E-state index contributed by atoms with van der Waals surface area (Å²) in [6.45, 7) is 7.99. The largest absolute Gasteiger partial charge is 0.491 e. The minimum absolute atomic E-state index is 0.0597. The molecule has 0 radical (unpaired) electrons. The molecule has 0 spiro atoms. The molecule has 0 saturated heterocycles. The molecule has 2 rings (SSSR count). The van der Waals surface area contributed by atoms with Crippen molar-refractivity contribution < 1.29 is 14.3 Å². The number of hydrogen-bond donors (Lipinski definition) is 3. The Hall–Kier alpha value is -2.93. The molecule has 0 heterocycles. The highest BCUT2D eigenvalue weighted by molar-refractivity contribution is 7.80. The maximum absolute atomic E-state index is 12.5. The van der Waals surface area contributed by atoms with Crippen molar-refractivity contribution in [2.75, 3.05) is 5.32 Å². The van der Waals surface area contributed by atoms with Crippen LogP contribution in [-0.2, 0) is 0 Å². The molecule has 30 heavy (non-hydrogen) atoms. The van der Waals surface area contributed by atoms with E-state index in [0.717, 1.165) is 12.8 Å². The smallest absolute Gasteiger partial charge is 0.257 e. The van der Waals surface area contributed by atoms with Crippen LogP contribution in [0, 0.1) is 0 Å². The molecular formula is C23H29N3O3S. The summed E-state index contributed by atoms with van der Waals surface area (Å²) in [5.41, 5.74) is 1.44. The van der Waals surface area contributed by atoms with Gasteiger partial charge in [-0.15, -0.1) is 0 Å². The van der Waals surface area contributed by atoms with E-state index >= 15 is 0 Å². The molecule has 2 atom stereocenters. The van der Waals surface area contributed by atoms with Gasteiger partial charge in [0.05, 0.1) is 17.4 Å². The molecular weight excluding hydrogens is 398 g/mol. The molecule has 0 saturated carbocycles. The van der Waals surface area contributed by atoms with Crippen molar-refractivity contribution >= 4 is 34.8 Å². The lowest BCUT2D eigenvalue weighted by Gasteiger charge is -2.16. The SMILES string of the molecule is CCC(C)NC(=O)c1ccccc1NC(=S)NC(=O)c1ccc(OC(C)CC)cc1. The first-order chi connectivity index (χ1) is 14.3. The lowest BCUT2D eigenvalue weighted by atomic mass is 10.1. The maximum atomic E-state index is 12.5. The Bertz CT molecular complexity index is 884. The molecule has 2 aromatic rings. The predicted octanol–water partition coefficient (Wildman–Crippen LogP) is 4.52. The number of carbonyl (C=O) groups excluding carboxylic acids is 2. The van der Waals surface area contributed by atoms with Gasteiger partial charge in [-0.1, -0.05) is 26.0 Å². The fourth-order valence-corrected chi connectivity index (χ4v) is 2.73. The van der Waals surface area contributed by atoms with E-state index in [0.29, 0.717) is 22.6 Å². The Morgan fingerprint density at radius 2 is 1.63 bits per heavy atom. The summed E-state index contributed by atoms with van der Waals surface area (Å²) < 4.78 is 5.72. The van der Waals surface area contributed by atoms with Gasteiger partial charge < -0.3 is 15.4 Å². The lowest BCUT2D eigenvalue weighted by molar-refractivity contribution is 0.0938. The number of amides is 2. The maximum Gasteiger partial charge on any atom is 0.257 e. The van der Waals surface area contributed by atoms with E-state index in [1.54, 1.807) is 48.5 Å². The van der Waals surface area contributed by atoms with Crippen molar-refractivity contribution in [3.05, 3.63) is 59.7 Å².